The minimum absolute atomic E-state index is 0.0548. The lowest BCUT2D eigenvalue weighted by Crippen LogP contribution is -2.48. The normalized spacial score (nSPS) is 19.9. The summed E-state index contributed by atoms with van der Waals surface area (Å²) in [6, 6.07) is 3.14. The molecule has 1 saturated heterocycles. The number of thiophene rings is 1. The van der Waals surface area contributed by atoms with Crippen molar-refractivity contribution in [2.24, 2.45) is 0 Å². The number of sulfonamides is 1. The van der Waals surface area contributed by atoms with Gasteiger partial charge >= 0.3 is 6.03 Å². The molecule has 0 bridgehead atoms. The number of carbonyl (C=O) groups is 1. The Bertz CT molecular complexity index is 636. The molecule has 0 spiro atoms. The van der Waals surface area contributed by atoms with Gasteiger partial charge < -0.3 is 10.6 Å². The molecule has 24 heavy (non-hydrogen) atoms. The number of hydrogen-bond acceptors (Lipinski definition) is 4. The lowest BCUT2D eigenvalue weighted by Gasteiger charge is -2.34. The van der Waals surface area contributed by atoms with E-state index in [0.717, 1.165) is 19.3 Å². The Kier molecular flexibility index (Phi) is 6.28. The zero-order valence-corrected chi connectivity index (χ0v) is 16.2. The smallest absolute Gasteiger partial charge is 0.315 e. The van der Waals surface area contributed by atoms with Crippen molar-refractivity contribution < 1.29 is 13.2 Å². The Morgan fingerprint density at radius 1 is 1.38 bits per heavy atom. The molecule has 2 heterocycles. The van der Waals surface area contributed by atoms with Crippen molar-refractivity contribution >= 4 is 27.4 Å². The molecule has 1 unspecified atom stereocenters. The molecule has 1 atom stereocenters. The quantitative estimate of drug-likeness (QED) is 0.833. The average Bonchev–Trinajstić information content (AvgIpc) is 3.00. The molecular weight excluding hydrogens is 346 g/mol. The van der Waals surface area contributed by atoms with Crippen LogP contribution in [0.15, 0.2) is 21.7 Å². The second-order valence-corrected chi connectivity index (χ2v) is 10.2. The Balaban J connectivity index is 1.94. The van der Waals surface area contributed by atoms with Crippen LogP contribution < -0.4 is 10.6 Å². The Morgan fingerprint density at radius 3 is 2.75 bits per heavy atom. The standard InChI is InChI=1S/C16H27N3O3S2/c1-16(2,3)18-15(20)17-10-9-13-7-4-5-11-19(13)24(21,22)14-8-6-12-23-14/h6,8,12-13H,4-5,7,9-11H2,1-3H3,(H2,17,18,20). The highest BCUT2D eigenvalue weighted by molar-refractivity contribution is 7.91. The lowest BCUT2D eigenvalue weighted by molar-refractivity contribution is 0.223. The van der Waals surface area contributed by atoms with Crippen molar-refractivity contribution in [3.05, 3.63) is 17.5 Å². The van der Waals surface area contributed by atoms with E-state index in [2.05, 4.69) is 10.6 Å². The third-order valence-electron chi connectivity index (χ3n) is 3.88. The van der Waals surface area contributed by atoms with E-state index in [9.17, 15) is 13.2 Å². The van der Waals surface area contributed by atoms with Crippen LogP contribution in [0, 0.1) is 0 Å². The van der Waals surface area contributed by atoms with Gasteiger partial charge in [0.05, 0.1) is 0 Å². The summed E-state index contributed by atoms with van der Waals surface area (Å²) in [5.41, 5.74) is -0.288. The Hall–Kier alpha value is -1.12. The van der Waals surface area contributed by atoms with Crippen molar-refractivity contribution in [3.63, 3.8) is 0 Å². The summed E-state index contributed by atoms with van der Waals surface area (Å²) in [6.45, 7) is 6.78. The molecule has 0 saturated carbocycles. The van der Waals surface area contributed by atoms with E-state index in [1.54, 1.807) is 21.8 Å². The molecule has 1 aromatic heterocycles. The van der Waals surface area contributed by atoms with Gasteiger partial charge in [-0.3, -0.25) is 0 Å². The number of nitrogens with one attached hydrogen (secondary N) is 2. The molecule has 1 aliphatic heterocycles. The largest absolute Gasteiger partial charge is 0.338 e. The first-order chi connectivity index (χ1) is 11.2. The van der Waals surface area contributed by atoms with E-state index >= 15 is 0 Å². The molecule has 0 aliphatic carbocycles. The molecule has 1 aromatic rings. The van der Waals surface area contributed by atoms with Gasteiger partial charge in [0.2, 0.25) is 0 Å². The van der Waals surface area contributed by atoms with Crippen molar-refractivity contribution in [2.45, 2.75) is 62.2 Å². The van der Waals surface area contributed by atoms with Crippen molar-refractivity contribution in [1.29, 1.82) is 0 Å². The topological polar surface area (TPSA) is 78.5 Å². The maximum Gasteiger partial charge on any atom is 0.315 e. The molecule has 1 fully saturated rings. The third-order valence-corrected chi connectivity index (χ3v) is 7.21. The number of piperidine rings is 1. The summed E-state index contributed by atoms with van der Waals surface area (Å²) < 4.78 is 27.6. The van der Waals surface area contributed by atoms with Gasteiger partial charge in [-0.1, -0.05) is 12.5 Å². The van der Waals surface area contributed by atoms with E-state index in [0.29, 0.717) is 23.7 Å². The van der Waals surface area contributed by atoms with E-state index in [1.807, 2.05) is 20.8 Å². The fraction of sp³-hybridized carbons (Fsp3) is 0.688. The minimum Gasteiger partial charge on any atom is -0.338 e. The first kappa shape index (κ1) is 19.2. The Morgan fingerprint density at radius 2 is 2.12 bits per heavy atom. The highest BCUT2D eigenvalue weighted by Gasteiger charge is 2.33. The predicted molar refractivity (Wildman–Crippen MR) is 96.8 cm³/mol. The fourth-order valence-corrected chi connectivity index (χ4v) is 5.68. The van der Waals surface area contributed by atoms with Crippen LogP contribution in [0.5, 0.6) is 0 Å². The van der Waals surface area contributed by atoms with Crippen LogP contribution in [-0.4, -0.2) is 43.4 Å². The zero-order valence-electron chi connectivity index (χ0n) is 14.5. The number of amides is 2. The lowest BCUT2D eigenvalue weighted by atomic mass is 10.0. The molecular formula is C16H27N3O3S2. The average molecular weight is 374 g/mol. The first-order valence-electron chi connectivity index (χ1n) is 8.31. The van der Waals surface area contributed by atoms with Crippen LogP contribution in [0.2, 0.25) is 0 Å². The van der Waals surface area contributed by atoms with Crippen LogP contribution in [0.4, 0.5) is 4.79 Å². The van der Waals surface area contributed by atoms with Gasteiger partial charge in [0.25, 0.3) is 10.0 Å². The van der Waals surface area contributed by atoms with Gasteiger partial charge in [0.1, 0.15) is 4.21 Å². The fourth-order valence-electron chi connectivity index (χ4n) is 2.84. The summed E-state index contributed by atoms with van der Waals surface area (Å²) in [6.07, 6.45) is 3.38. The molecule has 2 N–H and O–H groups in total. The van der Waals surface area contributed by atoms with Crippen LogP contribution >= 0.6 is 11.3 Å². The summed E-state index contributed by atoms with van der Waals surface area (Å²) in [4.78, 5) is 11.8. The molecule has 0 radical (unpaired) electrons. The summed E-state index contributed by atoms with van der Waals surface area (Å²) >= 11 is 1.25. The van der Waals surface area contributed by atoms with Gasteiger partial charge in [-0.2, -0.15) is 4.31 Å². The maximum absolute atomic E-state index is 12.8. The summed E-state index contributed by atoms with van der Waals surface area (Å²) in [7, 11) is -3.42. The number of hydrogen-bond donors (Lipinski definition) is 2. The third kappa shape index (κ3) is 5.19. The van der Waals surface area contributed by atoms with Gasteiger partial charge in [-0.05, 0) is 51.5 Å². The molecule has 0 aromatic carbocycles. The molecule has 136 valence electrons. The van der Waals surface area contributed by atoms with Crippen LogP contribution in [0.25, 0.3) is 0 Å². The van der Waals surface area contributed by atoms with Crippen LogP contribution in [0.1, 0.15) is 46.5 Å². The van der Waals surface area contributed by atoms with Gasteiger partial charge in [0, 0.05) is 24.7 Å². The number of nitrogens with zero attached hydrogens (tertiary/aromatic N) is 1. The molecule has 1 aliphatic rings. The monoisotopic (exact) mass is 373 g/mol. The van der Waals surface area contributed by atoms with Crippen molar-refractivity contribution in [3.8, 4) is 0 Å². The number of carbonyl (C=O) groups excluding carboxylic acids is 1. The molecule has 2 rings (SSSR count). The minimum atomic E-state index is -3.42. The highest BCUT2D eigenvalue weighted by atomic mass is 32.2. The zero-order chi connectivity index (χ0) is 17.8. The molecule has 6 nitrogen and oxygen atoms in total. The number of urea groups is 1. The summed E-state index contributed by atoms with van der Waals surface area (Å²) in [5, 5.41) is 7.45. The van der Waals surface area contributed by atoms with E-state index in [1.165, 1.54) is 11.3 Å². The van der Waals surface area contributed by atoms with Gasteiger partial charge in [-0.15, -0.1) is 11.3 Å². The second kappa shape index (κ2) is 7.84. The summed E-state index contributed by atoms with van der Waals surface area (Å²) in [5.74, 6) is 0. The van der Waals surface area contributed by atoms with E-state index in [-0.39, 0.29) is 17.6 Å². The van der Waals surface area contributed by atoms with E-state index < -0.39 is 10.0 Å². The van der Waals surface area contributed by atoms with Crippen LogP contribution in [0.3, 0.4) is 0 Å². The second-order valence-electron chi connectivity index (χ2n) is 7.12. The maximum atomic E-state index is 12.8. The Labute approximate surface area is 148 Å². The van der Waals surface area contributed by atoms with Crippen molar-refractivity contribution in [2.75, 3.05) is 13.1 Å². The SMILES string of the molecule is CC(C)(C)NC(=O)NCCC1CCCCN1S(=O)(=O)c1cccs1. The van der Waals surface area contributed by atoms with Crippen LogP contribution in [-0.2, 0) is 10.0 Å². The highest BCUT2D eigenvalue weighted by Crippen LogP contribution is 2.28. The van der Waals surface area contributed by atoms with Gasteiger partial charge in [0.15, 0.2) is 0 Å². The van der Waals surface area contributed by atoms with Crippen molar-refractivity contribution in [1.82, 2.24) is 14.9 Å². The molecule has 2 amide bonds. The van der Waals surface area contributed by atoms with Gasteiger partial charge in [-0.25, -0.2) is 13.2 Å². The predicted octanol–water partition coefficient (Wildman–Crippen LogP) is 2.78. The molecule has 8 heteroatoms. The first-order valence-corrected chi connectivity index (χ1v) is 10.6. The number of rotatable bonds is 5. The van der Waals surface area contributed by atoms with E-state index in [4.69, 9.17) is 0 Å².